The van der Waals surface area contributed by atoms with Gasteiger partial charge in [0, 0.05) is 43.1 Å². The van der Waals surface area contributed by atoms with Crippen molar-refractivity contribution < 1.29 is 19.2 Å². The summed E-state index contributed by atoms with van der Waals surface area (Å²) in [5.41, 5.74) is 0.521. The van der Waals surface area contributed by atoms with Gasteiger partial charge in [0.15, 0.2) is 5.78 Å². The Kier molecular flexibility index (Phi) is 5.20. The third-order valence-corrected chi connectivity index (χ3v) is 6.24. The van der Waals surface area contributed by atoms with E-state index < -0.39 is 10.5 Å². The van der Waals surface area contributed by atoms with Gasteiger partial charge in [-0.3, -0.25) is 19.7 Å². The van der Waals surface area contributed by atoms with Crippen molar-refractivity contribution in [1.82, 2.24) is 4.90 Å². The summed E-state index contributed by atoms with van der Waals surface area (Å²) in [6, 6.07) is 7.20. The number of ether oxygens (including phenoxy) is 1. The largest absolute Gasteiger partial charge is 0.486 e. The van der Waals surface area contributed by atoms with Gasteiger partial charge in [-0.2, -0.15) is 0 Å². The first-order valence-corrected chi connectivity index (χ1v) is 10.2. The predicted octanol–water partition coefficient (Wildman–Crippen LogP) is 4.85. The second-order valence-electron chi connectivity index (χ2n) is 7.70. The number of halogens is 2. The van der Waals surface area contributed by atoms with Crippen molar-refractivity contribution in [2.24, 2.45) is 0 Å². The topological polar surface area (TPSA) is 89.8 Å². The molecule has 1 amide bonds. The van der Waals surface area contributed by atoms with Crippen molar-refractivity contribution in [2.75, 3.05) is 13.1 Å². The van der Waals surface area contributed by atoms with Crippen LogP contribution in [0.4, 0.5) is 5.69 Å². The zero-order chi connectivity index (χ0) is 21.6. The van der Waals surface area contributed by atoms with Gasteiger partial charge in [0.2, 0.25) is 0 Å². The van der Waals surface area contributed by atoms with Gasteiger partial charge in [-0.25, -0.2) is 0 Å². The number of hydrogen-bond acceptors (Lipinski definition) is 5. The molecule has 4 rings (SSSR count). The molecule has 9 heteroatoms. The van der Waals surface area contributed by atoms with Crippen LogP contribution in [0, 0.1) is 17.0 Å². The molecule has 2 heterocycles. The zero-order valence-electron chi connectivity index (χ0n) is 16.1. The number of amides is 1. The highest BCUT2D eigenvalue weighted by Crippen LogP contribution is 2.42. The SMILES string of the molecule is Cc1cc(Cl)cc2c1OC1(CCN(C(=O)c3cc([N+](=O)[O-])ccc3Cl)CC1)CC2=O. The minimum absolute atomic E-state index is 0.0247. The van der Waals surface area contributed by atoms with E-state index in [9.17, 15) is 19.7 Å². The summed E-state index contributed by atoms with van der Waals surface area (Å²) in [5, 5.41) is 11.7. The average Bonchev–Trinajstić information content (AvgIpc) is 2.69. The molecule has 2 aliphatic heterocycles. The number of likely N-dealkylation sites (tertiary alicyclic amines) is 1. The molecule has 2 aromatic rings. The molecule has 0 saturated carbocycles. The molecule has 0 bridgehead atoms. The minimum atomic E-state index is -0.675. The Morgan fingerprint density at radius 1 is 1.20 bits per heavy atom. The Balaban J connectivity index is 1.53. The van der Waals surface area contributed by atoms with Crippen molar-refractivity contribution in [3.8, 4) is 5.75 Å². The molecule has 0 N–H and O–H groups in total. The molecule has 7 nitrogen and oxygen atoms in total. The number of benzene rings is 2. The molecule has 0 atom stereocenters. The minimum Gasteiger partial charge on any atom is -0.486 e. The van der Waals surface area contributed by atoms with Crippen LogP contribution in [0.1, 0.15) is 45.5 Å². The lowest BCUT2D eigenvalue weighted by molar-refractivity contribution is -0.384. The fourth-order valence-electron chi connectivity index (χ4n) is 4.07. The van der Waals surface area contributed by atoms with Crippen LogP contribution in [0.5, 0.6) is 5.75 Å². The summed E-state index contributed by atoms with van der Waals surface area (Å²) in [6.45, 7) is 2.56. The van der Waals surface area contributed by atoms with E-state index in [1.165, 1.54) is 18.2 Å². The van der Waals surface area contributed by atoms with E-state index in [1.807, 2.05) is 6.92 Å². The number of rotatable bonds is 2. The molecular weight excluding hydrogens is 431 g/mol. The summed E-state index contributed by atoms with van der Waals surface area (Å²) in [4.78, 5) is 37.7. The predicted molar refractivity (Wildman–Crippen MR) is 112 cm³/mol. The van der Waals surface area contributed by atoms with Crippen molar-refractivity contribution >= 4 is 40.6 Å². The van der Waals surface area contributed by atoms with Gasteiger partial charge in [0.05, 0.1) is 27.5 Å². The third kappa shape index (κ3) is 3.63. The van der Waals surface area contributed by atoms with E-state index >= 15 is 0 Å². The van der Waals surface area contributed by atoms with Gasteiger partial charge >= 0.3 is 0 Å². The van der Waals surface area contributed by atoms with Crippen molar-refractivity contribution in [1.29, 1.82) is 0 Å². The van der Waals surface area contributed by atoms with Gasteiger partial charge in [-0.1, -0.05) is 23.2 Å². The third-order valence-electron chi connectivity index (χ3n) is 5.69. The normalized spacial score (nSPS) is 17.4. The molecule has 0 aliphatic carbocycles. The summed E-state index contributed by atoms with van der Waals surface area (Å²) < 4.78 is 6.29. The quantitative estimate of drug-likeness (QED) is 0.483. The molecule has 1 saturated heterocycles. The second kappa shape index (κ2) is 7.56. The summed E-state index contributed by atoms with van der Waals surface area (Å²) in [5.74, 6) is 0.157. The highest BCUT2D eigenvalue weighted by molar-refractivity contribution is 6.34. The number of hydrogen-bond donors (Lipinski definition) is 0. The monoisotopic (exact) mass is 448 g/mol. The van der Waals surface area contributed by atoms with Crippen molar-refractivity contribution in [3.05, 3.63) is 67.2 Å². The lowest BCUT2D eigenvalue weighted by Crippen LogP contribution is -2.52. The van der Waals surface area contributed by atoms with Crippen LogP contribution in [-0.4, -0.2) is 40.2 Å². The molecule has 0 aromatic heterocycles. The van der Waals surface area contributed by atoms with Crippen LogP contribution in [0.25, 0.3) is 0 Å². The molecule has 30 heavy (non-hydrogen) atoms. The summed E-state index contributed by atoms with van der Waals surface area (Å²) in [7, 11) is 0. The number of carbonyl (C=O) groups is 2. The number of fused-ring (bicyclic) bond motifs is 1. The maximum absolute atomic E-state index is 12.9. The van der Waals surface area contributed by atoms with Gasteiger partial charge in [0.25, 0.3) is 11.6 Å². The number of aryl methyl sites for hydroxylation is 1. The van der Waals surface area contributed by atoms with Crippen LogP contribution < -0.4 is 4.74 Å². The molecule has 1 fully saturated rings. The number of Topliss-reactive ketones (excluding diaryl/α,β-unsaturated/α-hetero) is 1. The van der Waals surface area contributed by atoms with Crippen molar-refractivity contribution in [2.45, 2.75) is 31.8 Å². The number of nitrogens with zero attached hydrogens (tertiary/aromatic N) is 2. The smallest absolute Gasteiger partial charge is 0.270 e. The summed E-state index contributed by atoms with van der Waals surface area (Å²) >= 11 is 12.2. The van der Waals surface area contributed by atoms with E-state index in [4.69, 9.17) is 27.9 Å². The molecule has 2 aromatic carbocycles. The zero-order valence-corrected chi connectivity index (χ0v) is 17.6. The van der Waals surface area contributed by atoms with E-state index in [0.29, 0.717) is 42.3 Å². The number of nitro groups is 1. The van der Waals surface area contributed by atoms with Gasteiger partial charge < -0.3 is 9.64 Å². The van der Waals surface area contributed by atoms with E-state index in [-0.39, 0.29) is 34.4 Å². The fraction of sp³-hybridized carbons (Fsp3) is 0.333. The van der Waals surface area contributed by atoms with Crippen LogP contribution in [0.3, 0.4) is 0 Å². The molecule has 1 spiro atoms. The van der Waals surface area contributed by atoms with Crippen LogP contribution >= 0.6 is 23.2 Å². The maximum atomic E-state index is 12.9. The number of non-ortho nitro benzene ring substituents is 1. The number of carbonyl (C=O) groups excluding carboxylic acids is 2. The lowest BCUT2D eigenvalue weighted by Gasteiger charge is -2.44. The molecule has 156 valence electrons. The highest BCUT2D eigenvalue weighted by Gasteiger charge is 2.44. The maximum Gasteiger partial charge on any atom is 0.270 e. The first kappa shape index (κ1) is 20.6. The number of nitro benzene ring substituents is 1. The Bertz CT molecular complexity index is 1080. The van der Waals surface area contributed by atoms with E-state index in [1.54, 1.807) is 17.0 Å². The first-order chi connectivity index (χ1) is 14.2. The van der Waals surface area contributed by atoms with Gasteiger partial charge in [-0.15, -0.1) is 0 Å². The molecule has 2 aliphatic rings. The van der Waals surface area contributed by atoms with Gasteiger partial charge in [0.1, 0.15) is 11.4 Å². The number of ketones is 1. The van der Waals surface area contributed by atoms with Crippen LogP contribution in [0.15, 0.2) is 30.3 Å². The van der Waals surface area contributed by atoms with E-state index in [0.717, 1.165) is 5.56 Å². The van der Waals surface area contributed by atoms with E-state index in [2.05, 4.69) is 0 Å². The second-order valence-corrected chi connectivity index (χ2v) is 8.54. The Hall–Kier alpha value is -2.64. The average molecular weight is 449 g/mol. The Morgan fingerprint density at radius 2 is 1.90 bits per heavy atom. The summed E-state index contributed by atoms with van der Waals surface area (Å²) in [6.07, 6.45) is 1.16. The standard InChI is InChI=1S/C21H18Cl2N2O5/c1-12-8-13(22)9-16-18(26)11-21(30-19(12)16)4-6-24(7-5-21)20(27)15-10-14(25(28)29)2-3-17(15)23/h2-3,8-10H,4-7,11H2,1H3. The molecule has 0 unspecified atom stereocenters. The first-order valence-electron chi connectivity index (χ1n) is 9.45. The highest BCUT2D eigenvalue weighted by atomic mass is 35.5. The molecular formula is C21H18Cl2N2O5. The molecule has 0 radical (unpaired) electrons. The Labute approximate surface area is 182 Å². The van der Waals surface area contributed by atoms with Crippen molar-refractivity contribution in [3.63, 3.8) is 0 Å². The van der Waals surface area contributed by atoms with Gasteiger partial charge in [-0.05, 0) is 30.7 Å². The Morgan fingerprint density at radius 3 is 2.57 bits per heavy atom. The number of piperidine rings is 1. The lowest BCUT2D eigenvalue weighted by atomic mass is 9.82. The van der Waals surface area contributed by atoms with Crippen LogP contribution in [-0.2, 0) is 0 Å². The fourth-order valence-corrected chi connectivity index (χ4v) is 4.54. The van der Waals surface area contributed by atoms with Crippen LogP contribution in [0.2, 0.25) is 10.0 Å².